The summed E-state index contributed by atoms with van der Waals surface area (Å²) in [6.45, 7) is 1.30. The molecule has 36 heavy (non-hydrogen) atoms. The molecule has 1 aromatic heterocycles. The SMILES string of the molecule is COc1cc(C=Nn2c(C)nc3ccc(Br)cc3c2=O)cc(Cl)c1OCC(=O)Nc1cccc(F)c1. The van der Waals surface area contributed by atoms with Gasteiger partial charge in [-0.25, -0.2) is 9.37 Å². The minimum Gasteiger partial charge on any atom is -0.493 e. The molecule has 11 heteroatoms. The van der Waals surface area contributed by atoms with Crippen molar-refractivity contribution in [1.29, 1.82) is 0 Å². The van der Waals surface area contributed by atoms with E-state index in [0.29, 0.717) is 28.0 Å². The van der Waals surface area contributed by atoms with E-state index in [4.69, 9.17) is 21.1 Å². The van der Waals surface area contributed by atoms with E-state index in [-0.39, 0.29) is 28.7 Å². The van der Waals surface area contributed by atoms with E-state index in [1.807, 2.05) is 6.07 Å². The maximum atomic E-state index is 13.3. The molecule has 1 amide bonds. The predicted octanol–water partition coefficient (Wildman–Crippen LogP) is 5.17. The topological polar surface area (TPSA) is 94.8 Å². The molecule has 1 N–H and O–H groups in total. The third-order valence-corrected chi connectivity index (χ3v) is 5.77. The van der Waals surface area contributed by atoms with Gasteiger partial charge in [-0.3, -0.25) is 9.59 Å². The second-order valence-electron chi connectivity index (χ2n) is 7.56. The zero-order valence-electron chi connectivity index (χ0n) is 19.1. The maximum Gasteiger partial charge on any atom is 0.282 e. The van der Waals surface area contributed by atoms with Crippen molar-refractivity contribution in [3.8, 4) is 11.5 Å². The summed E-state index contributed by atoms with van der Waals surface area (Å²) in [5.74, 6) is -0.160. The van der Waals surface area contributed by atoms with E-state index in [2.05, 4.69) is 31.3 Å². The molecule has 184 valence electrons. The van der Waals surface area contributed by atoms with Crippen molar-refractivity contribution in [3.63, 3.8) is 0 Å². The summed E-state index contributed by atoms with van der Waals surface area (Å²) in [6, 6.07) is 13.9. The molecule has 0 aliphatic rings. The molecule has 0 fully saturated rings. The molecular formula is C25H19BrClFN4O4. The Bertz CT molecular complexity index is 1560. The molecule has 0 spiro atoms. The molecule has 0 bridgehead atoms. The van der Waals surface area contributed by atoms with Crippen LogP contribution in [0.3, 0.4) is 0 Å². The van der Waals surface area contributed by atoms with Crippen molar-refractivity contribution in [2.45, 2.75) is 6.92 Å². The van der Waals surface area contributed by atoms with Crippen LogP contribution in [0.1, 0.15) is 11.4 Å². The Kier molecular flexibility index (Phi) is 7.66. The van der Waals surface area contributed by atoms with E-state index in [9.17, 15) is 14.0 Å². The summed E-state index contributed by atoms with van der Waals surface area (Å²) in [4.78, 5) is 29.6. The zero-order chi connectivity index (χ0) is 25.8. The van der Waals surface area contributed by atoms with Gasteiger partial charge in [0.1, 0.15) is 11.6 Å². The molecule has 0 saturated carbocycles. The maximum absolute atomic E-state index is 13.3. The van der Waals surface area contributed by atoms with E-state index in [1.165, 1.54) is 36.2 Å². The fourth-order valence-electron chi connectivity index (χ4n) is 3.38. The van der Waals surface area contributed by atoms with Crippen molar-refractivity contribution in [2.24, 2.45) is 5.10 Å². The first-order valence-electron chi connectivity index (χ1n) is 10.5. The molecule has 4 rings (SSSR count). The number of rotatable bonds is 7. The van der Waals surface area contributed by atoms with Crippen LogP contribution < -0.4 is 20.3 Å². The van der Waals surface area contributed by atoms with Crippen LogP contribution >= 0.6 is 27.5 Å². The Morgan fingerprint density at radius 3 is 2.81 bits per heavy atom. The van der Waals surface area contributed by atoms with Gasteiger partial charge in [0.05, 0.1) is 29.2 Å². The lowest BCUT2D eigenvalue weighted by atomic mass is 10.2. The highest BCUT2D eigenvalue weighted by Crippen LogP contribution is 2.36. The molecule has 0 saturated heterocycles. The first kappa shape index (κ1) is 25.3. The van der Waals surface area contributed by atoms with Gasteiger partial charge in [0.25, 0.3) is 11.5 Å². The second-order valence-corrected chi connectivity index (χ2v) is 8.89. The molecule has 0 unspecified atom stereocenters. The minimum atomic E-state index is -0.505. The number of amides is 1. The lowest BCUT2D eigenvalue weighted by molar-refractivity contribution is -0.118. The third-order valence-electron chi connectivity index (χ3n) is 5.00. The van der Waals surface area contributed by atoms with Gasteiger partial charge in [0.2, 0.25) is 0 Å². The van der Waals surface area contributed by atoms with Crippen molar-refractivity contribution in [3.05, 3.63) is 91.7 Å². The van der Waals surface area contributed by atoms with Crippen LogP contribution in [0, 0.1) is 12.7 Å². The molecule has 1 heterocycles. The van der Waals surface area contributed by atoms with E-state index in [0.717, 1.165) is 4.47 Å². The molecule has 3 aromatic carbocycles. The average Bonchev–Trinajstić information content (AvgIpc) is 2.83. The third kappa shape index (κ3) is 5.72. The number of hydrogen-bond acceptors (Lipinski definition) is 6. The lowest BCUT2D eigenvalue weighted by Gasteiger charge is -2.13. The summed E-state index contributed by atoms with van der Waals surface area (Å²) in [5.41, 5.74) is 1.07. The number of benzene rings is 3. The Balaban J connectivity index is 1.54. The second kappa shape index (κ2) is 10.9. The molecule has 0 aliphatic carbocycles. The summed E-state index contributed by atoms with van der Waals surface area (Å²) < 4.78 is 26.2. The number of anilines is 1. The highest BCUT2D eigenvalue weighted by Gasteiger charge is 2.14. The monoisotopic (exact) mass is 572 g/mol. The van der Waals surface area contributed by atoms with E-state index >= 15 is 0 Å². The van der Waals surface area contributed by atoms with Crippen molar-refractivity contribution in [1.82, 2.24) is 9.66 Å². The number of nitrogens with one attached hydrogen (secondary N) is 1. The number of carbonyl (C=O) groups is 1. The fraction of sp³-hybridized carbons (Fsp3) is 0.120. The largest absolute Gasteiger partial charge is 0.493 e. The van der Waals surface area contributed by atoms with Crippen molar-refractivity contribution >= 4 is 56.2 Å². The Morgan fingerprint density at radius 1 is 1.25 bits per heavy atom. The molecule has 0 atom stereocenters. The molecule has 0 radical (unpaired) electrons. The number of methoxy groups -OCH3 is 1. The van der Waals surface area contributed by atoms with Gasteiger partial charge in [0, 0.05) is 10.2 Å². The number of fused-ring (bicyclic) bond motifs is 1. The first-order valence-corrected chi connectivity index (χ1v) is 11.7. The number of aromatic nitrogens is 2. The van der Waals surface area contributed by atoms with Crippen LogP contribution in [-0.4, -0.2) is 35.5 Å². The van der Waals surface area contributed by atoms with Gasteiger partial charge in [-0.15, -0.1) is 0 Å². The zero-order valence-corrected chi connectivity index (χ0v) is 21.4. The summed E-state index contributed by atoms with van der Waals surface area (Å²) in [6.07, 6.45) is 1.44. The number of halogens is 3. The van der Waals surface area contributed by atoms with Crippen LogP contribution in [0.15, 0.2) is 69.0 Å². The summed E-state index contributed by atoms with van der Waals surface area (Å²) in [5, 5.41) is 7.40. The highest BCUT2D eigenvalue weighted by molar-refractivity contribution is 9.10. The van der Waals surface area contributed by atoms with Gasteiger partial charge in [-0.2, -0.15) is 9.78 Å². The summed E-state index contributed by atoms with van der Waals surface area (Å²) >= 11 is 9.75. The standard InChI is InChI=1S/C25H19BrClFN4O4/c1-14-30-21-7-6-16(26)10-19(21)25(34)32(14)29-12-15-8-20(27)24(22(9-15)35-2)36-13-23(33)31-18-5-3-4-17(28)11-18/h3-12H,13H2,1-2H3,(H,31,33). The van der Waals surface area contributed by atoms with E-state index in [1.54, 1.807) is 37.3 Å². The van der Waals surface area contributed by atoms with Crippen LogP contribution in [-0.2, 0) is 4.79 Å². The average molecular weight is 574 g/mol. The molecule has 8 nitrogen and oxygen atoms in total. The fourth-order valence-corrected chi connectivity index (χ4v) is 4.01. The molecule has 4 aromatic rings. The van der Waals surface area contributed by atoms with Crippen molar-refractivity contribution in [2.75, 3.05) is 19.0 Å². The number of carbonyl (C=O) groups excluding carboxylic acids is 1. The smallest absolute Gasteiger partial charge is 0.282 e. The number of aryl methyl sites for hydroxylation is 1. The minimum absolute atomic E-state index is 0.149. The van der Waals surface area contributed by atoms with Crippen molar-refractivity contribution < 1.29 is 18.7 Å². The van der Waals surface area contributed by atoms with Crippen LogP contribution in [0.2, 0.25) is 5.02 Å². The van der Waals surface area contributed by atoms with Crippen LogP contribution in [0.4, 0.5) is 10.1 Å². The normalized spacial score (nSPS) is 11.1. The van der Waals surface area contributed by atoms with Crippen LogP contribution in [0.25, 0.3) is 10.9 Å². The van der Waals surface area contributed by atoms with Gasteiger partial charge in [0.15, 0.2) is 18.1 Å². The van der Waals surface area contributed by atoms with Gasteiger partial charge in [-0.1, -0.05) is 33.6 Å². The molecule has 0 aliphatic heterocycles. The quantitative estimate of drug-likeness (QED) is 0.308. The number of nitrogens with zero attached hydrogens (tertiary/aromatic N) is 3. The van der Waals surface area contributed by atoms with Gasteiger partial charge < -0.3 is 14.8 Å². The Labute approximate surface area is 218 Å². The van der Waals surface area contributed by atoms with Crippen LogP contribution in [0.5, 0.6) is 11.5 Å². The number of ether oxygens (including phenoxy) is 2. The lowest BCUT2D eigenvalue weighted by Crippen LogP contribution is -2.21. The molecular weight excluding hydrogens is 555 g/mol. The Hall–Kier alpha value is -3.76. The highest BCUT2D eigenvalue weighted by atomic mass is 79.9. The first-order chi connectivity index (χ1) is 17.2. The van der Waals surface area contributed by atoms with Gasteiger partial charge >= 0.3 is 0 Å². The predicted molar refractivity (Wildman–Crippen MR) is 140 cm³/mol. The van der Waals surface area contributed by atoms with E-state index < -0.39 is 11.7 Å². The van der Waals surface area contributed by atoms with Gasteiger partial charge in [-0.05, 0) is 61.0 Å². The Morgan fingerprint density at radius 2 is 2.06 bits per heavy atom. The summed E-state index contributed by atoms with van der Waals surface area (Å²) in [7, 11) is 1.42. The number of hydrogen-bond donors (Lipinski definition) is 1.